The fraction of sp³-hybridized carbons (Fsp3) is 0. The van der Waals surface area contributed by atoms with Gasteiger partial charge in [-0.1, -0.05) is 48.0 Å². The average Bonchev–Trinajstić information content (AvgIpc) is 2.91. The highest BCUT2D eigenvalue weighted by Gasteiger charge is 2.08. The number of aromatic nitrogens is 2. The summed E-state index contributed by atoms with van der Waals surface area (Å²) in [5.74, 6) is 0. The average molecular weight is 289 g/mol. The number of benzene rings is 1. The van der Waals surface area contributed by atoms with Crippen molar-refractivity contribution in [2.45, 2.75) is 0 Å². The lowest BCUT2D eigenvalue weighted by molar-refractivity contribution is 1.07. The Hall–Kier alpha value is -1.91. The van der Waals surface area contributed by atoms with E-state index in [1.165, 1.54) is 15.7 Å². The number of rotatable bonds is 2. The quantitative estimate of drug-likeness (QED) is 0.722. The van der Waals surface area contributed by atoms with Gasteiger partial charge in [-0.05, 0) is 11.6 Å². The van der Waals surface area contributed by atoms with Crippen LogP contribution >= 0.6 is 22.9 Å². The van der Waals surface area contributed by atoms with E-state index in [1.807, 2.05) is 41.8 Å². The molecule has 3 aromatic rings. The van der Waals surface area contributed by atoms with E-state index in [0.29, 0.717) is 10.7 Å². The molecule has 0 aliphatic heterocycles. The van der Waals surface area contributed by atoms with Gasteiger partial charge in [0.25, 0.3) is 5.56 Å². The van der Waals surface area contributed by atoms with Gasteiger partial charge in [0.05, 0.1) is 5.69 Å². The third-order valence-corrected chi connectivity index (χ3v) is 3.78. The minimum absolute atomic E-state index is 0.142. The van der Waals surface area contributed by atoms with E-state index >= 15 is 0 Å². The van der Waals surface area contributed by atoms with Crippen molar-refractivity contribution in [3.8, 4) is 0 Å². The van der Waals surface area contributed by atoms with Crippen molar-refractivity contribution in [1.29, 1.82) is 0 Å². The van der Waals surface area contributed by atoms with Crippen molar-refractivity contribution in [1.82, 2.24) is 9.38 Å². The number of fused-ring (bicyclic) bond motifs is 1. The molecule has 0 unspecified atom stereocenters. The summed E-state index contributed by atoms with van der Waals surface area (Å²) in [7, 11) is 0. The van der Waals surface area contributed by atoms with Gasteiger partial charge in [0.1, 0.15) is 5.02 Å². The molecule has 1 aromatic carbocycles. The molecule has 0 aliphatic carbocycles. The zero-order valence-corrected chi connectivity index (χ0v) is 11.4. The van der Waals surface area contributed by atoms with Crippen molar-refractivity contribution in [2.24, 2.45) is 0 Å². The zero-order chi connectivity index (χ0) is 13.2. The molecule has 0 fully saturated rings. The van der Waals surface area contributed by atoms with Gasteiger partial charge in [0.15, 0.2) is 4.96 Å². The topological polar surface area (TPSA) is 34.4 Å². The van der Waals surface area contributed by atoms with Crippen LogP contribution in [0.4, 0.5) is 0 Å². The van der Waals surface area contributed by atoms with Crippen molar-refractivity contribution in [3.63, 3.8) is 0 Å². The van der Waals surface area contributed by atoms with E-state index in [2.05, 4.69) is 4.98 Å². The monoisotopic (exact) mass is 288 g/mol. The smallest absolute Gasteiger partial charge is 0.267 e. The van der Waals surface area contributed by atoms with E-state index in [-0.39, 0.29) is 10.6 Å². The minimum Gasteiger partial charge on any atom is -0.267 e. The number of hydrogen-bond acceptors (Lipinski definition) is 3. The van der Waals surface area contributed by atoms with Crippen LogP contribution in [-0.4, -0.2) is 9.38 Å². The second kappa shape index (κ2) is 4.99. The highest BCUT2D eigenvalue weighted by atomic mass is 35.5. The van der Waals surface area contributed by atoms with E-state index < -0.39 is 0 Å². The van der Waals surface area contributed by atoms with Gasteiger partial charge in [-0.2, -0.15) is 0 Å². The van der Waals surface area contributed by atoms with E-state index in [1.54, 1.807) is 12.3 Å². The van der Waals surface area contributed by atoms with Crippen molar-refractivity contribution in [2.75, 3.05) is 0 Å². The van der Waals surface area contributed by atoms with Crippen LogP contribution in [0.5, 0.6) is 0 Å². The second-order valence-electron chi connectivity index (χ2n) is 3.92. The third-order valence-electron chi connectivity index (χ3n) is 2.67. The molecule has 19 heavy (non-hydrogen) atoms. The molecule has 5 heteroatoms. The lowest BCUT2D eigenvalue weighted by Crippen LogP contribution is -2.14. The Bertz CT molecular complexity index is 805. The molecule has 2 heterocycles. The molecule has 0 saturated heterocycles. The first-order chi connectivity index (χ1) is 9.25. The second-order valence-corrected chi connectivity index (χ2v) is 5.17. The normalized spacial score (nSPS) is 11.4. The first kappa shape index (κ1) is 12.1. The molecule has 0 atom stereocenters. The maximum atomic E-state index is 12.0. The van der Waals surface area contributed by atoms with Gasteiger partial charge in [-0.3, -0.25) is 9.20 Å². The summed E-state index contributed by atoms with van der Waals surface area (Å²) in [6, 6.07) is 9.80. The molecule has 94 valence electrons. The first-order valence-corrected chi connectivity index (χ1v) is 6.90. The fourth-order valence-corrected chi connectivity index (χ4v) is 2.63. The van der Waals surface area contributed by atoms with Gasteiger partial charge >= 0.3 is 0 Å². The lowest BCUT2D eigenvalue weighted by Gasteiger charge is -1.98. The van der Waals surface area contributed by atoms with Crippen molar-refractivity contribution in [3.05, 3.63) is 68.5 Å². The Morgan fingerprint density at radius 2 is 2.00 bits per heavy atom. The molecular formula is C14H9ClN2OS. The summed E-state index contributed by atoms with van der Waals surface area (Å²) in [5.41, 5.74) is 1.30. The summed E-state index contributed by atoms with van der Waals surface area (Å²) in [6.07, 6.45) is 5.32. The number of nitrogens with zero attached hydrogens (tertiary/aromatic N) is 2. The molecule has 0 aliphatic rings. The van der Waals surface area contributed by atoms with Gasteiger partial charge in [0, 0.05) is 11.6 Å². The number of hydrogen-bond donors (Lipinski definition) is 0. The molecule has 0 radical (unpaired) electrons. The van der Waals surface area contributed by atoms with Crippen LogP contribution in [0.2, 0.25) is 5.02 Å². The molecule has 2 aromatic heterocycles. The summed E-state index contributed by atoms with van der Waals surface area (Å²) < 4.78 is 1.45. The highest BCUT2D eigenvalue weighted by Crippen LogP contribution is 2.16. The summed E-state index contributed by atoms with van der Waals surface area (Å²) >= 11 is 7.46. The molecule has 3 rings (SSSR count). The van der Waals surface area contributed by atoms with Crippen LogP contribution in [0.3, 0.4) is 0 Å². The van der Waals surface area contributed by atoms with Crippen LogP contribution in [0.25, 0.3) is 17.1 Å². The van der Waals surface area contributed by atoms with Crippen molar-refractivity contribution < 1.29 is 0 Å². The maximum Gasteiger partial charge on any atom is 0.277 e. The Balaban J connectivity index is 2.08. The van der Waals surface area contributed by atoms with Gasteiger partial charge in [-0.15, -0.1) is 11.3 Å². The van der Waals surface area contributed by atoms with Gasteiger partial charge in [-0.25, -0.2) is 4.98 Å². The minimum atomic E-state index is -0.236. The van der Waals surface area contributed by atoms with Gasteiger partial charge < -0.3 is 0 Å². The van der Waals surface area contributed by atoms with Gasteiger partial charge in [0.2, 0.25) is 0 Å². The molecule has 0 amide bonds. The van der Waals surface area contributed by atoms with E-state index in [9.17, 15) is 4.79 Å². The lowest BCUT2D eigenvalue weighted by atomic mass is 10.2. The Morgan fingerprint density at radius 1 is 1.21 bits per heavy atom. The van der Waals surface area contributed by atoms with Crippen LogP contribution in [0.15, 0.2) is 46.7 Å². The Morgan fingerprint density at radius 3 is 2.79 bits per heavy atom. The molecule has 0 bridgehead atoms. The molecule has 0 N–H and O–H groups in total. The van der Waals surface area contributed by atoms with Crippen molar-refractivity contribution >= 4 is 40.1 Å². The summed E-state index contributed by atoms with van der Waals surface area (Å²) in [5, 5.41) is 1.95. The standard InChI is InChI=1S/C14H9ClN2OS/c15-12-11(7-6-10-4-2-1-3-5-10)16-14-17(13(12)18)8-9-19-14/h1-9H. The largest absolute Gasteiger partial charge is 0.277 e. The summed E-state index contributed by atoms with van der Waals surface area (Å²) in [6.45, 7) is 0. The number of thiazole rings is 1. The predicted molar refractivity (Wildman–Crippen MR) is 79.7 cm³/mol. The maximum absolute atomic E-state index is 12.0. The van der Waals surface area contributed by atoms with Crippen LogP contribution in [0, 0.1) is 0 Å². The molecule has 0 spiro atoms. The first-order valence-electron chi connectivity index (χ1n) is 5.64. The number of halogens is 1. The van der Waals surface area contributed by atoms with Crippen LogP contribution in [0.1, 0.15) is 11.3 Å². The molecule has 3 nitrogen and oxygen atoms in total. The van der Waals surface area contributed by atoms with E-state index in [0.717, 1.165) is 5.56 Å². The fourth-order valence-electron chi connectivity index (χ4n) is 1.72. The highest BCUT2D eigenvalue weighted by molar-refractivity contribution is 7.15. The SMILES string of the molecule is O=c1c(Cl)c(C=Cc2ccccc2)nc2sccn12. The predicted octanol–water partition coefficient (Wildman–Crippen LogP) is 3.58. The van der Waals surface area contributed by atoms with Crippen LogP contribution in [-0.2, 0) is 0 Å². The van der Waals surface area contributed by atoms with Crippen LogP contribution < -0.4 is 5.56 Å². The Kier molecular flexibility index (Phi) is 3.19. The molecular weight excluding hydrogens is 280 g/mol. The third kappa shape index (κ3) is 2.32. The van der Waals surface area contributed by atoms with E-state index in [4.69, 9.17) is 11.6 Å². The molecule has 0 saturated carbocycles. The Labute approximate surface area is 118 Å². The summed E-state index contributed by atoms with van der Waals surface area (Å²) in [4.78, 5) is 17.0. The zero-order valence-electron chi connectivity index (χ0n) is 9.79.